The molecular formula is C18H14ClF2N3O3. The fourth-order valence-electron chi connectivity index (χ4n) is 2.81. The molecular weight excluding hydrogens is 380 g/mol. The summed E-state index contributed by atoms with van der Waals surface area (Å²) in [5.41, 5.74) is -1.75. The first-order chi connectivity index (χ1) is 12.7. The van der Waals surface area contributed by atoms with Crippen LogP contribution >= 0.6 is 11.6 Å². The number of halogens is 3. The number of hydrogen-bond donors (Lipinski definition) is 2. The molecule has 3 rings (SSSR count). The van der Waals surface area contributed by atoms with Crippen molar-refractivity contribution in [1.29, 1.82) is 0 Å². The van der Waals surface area contributed by atoms with Crippen LogP contribution in [0.5, 0.6) is 0 Å². The predicted molar refractivity (Wildman–Crippen MR) is 94.0 cm³/mol. The lowest BCUT2D eigenvalue weighted by Gasteiger charge is -2.22. The van der Waals surface area contributed by atoms with Gasteiger partial charge in [-0.2, -0.15) is 0 Å². The Bertz CT molecular complexity index is 953. The molecule has 0 saturated carbocycles. The van der Waals surface area contributed by atoms with Crippen LogP contribution < -0.4 is 10.6 Å². The van der Waals surface area contributed by atoms with E-state index in [2.05, 4.69) is 10.6 Å². The molecule has 140 valence electrons. The van der Waals surface area contributed by atoms with E-state index in [9.17, 15) is 23.2 Å². The molecule has 6 nitrogen and oxygen atoms in total. The first-order valence-corrected chi connectivity index (χ1v) is 8.23. The molecule has 1 aliphatic rings. The summed E-state index contributed by atoms with van der Waals surface area (Å²) in [6, 6.07) is 8.04. The van der Waals surface area contributed by atoms with Gasteiger partial charge in [-0.1, -0.05) is 17.7 Å². The van der Waals surface area contributed by atoms with Crippen molar-refractivity contribution in [2.75, 3.05) is 11.9 Å². The van der Waals surface area contributed by atoms with Crippen LogP contribution in [0.3, 0.4) is 0 Å². The van der Waals surface area contributed by atoms with E-state index in [1.54, 1.807) is 18.2 Å². The first kappa shape index (κ1) is 18.8. The number of imide groups is 1. The lowest BCUT2D eigenvalue weighted by atomic mass is 9.91. The van der Waals surface area contributed by atoms with Gasteiger partial charge < -0.3 is 10.6 Å². The van der Waals surface area contributed by atoms with E-state index in [0.717, 1.165) is 18.2 Å². The highest BCUT2D eigenvalue weighted by atomic mass is 35.5. The number of carbonyl (C=O) groups excluding carboxylic acids is 3. The van der Waals surface area contributed by atoms with Crippen LogP contribution in [0.15, 0.2) is 42.5 Å². The van der Waals surface area contributed by atoms with Gasteiger partial charge in [-0.15, -0.1) is 0 Å². The summed E-state index contributed by atoms with van der Waals surface area (Å²) in [6.07, 6.45) is 0. The zero-order valence-corrected chi connectivity index (χ0v) is 14.8. The highest BCUT2D eigenvalue weighted by molar-refractivity contribution is 6.30. The number of benzene rings is 2. The average molecular weight is 394 g/mol. The molecule has 0 aliphatic carbocycles. The van der Waals surface area contributed by atoms with E-state index >= 15 is 0 Å². The van der Waals surface area contributed by atoms with Crippen molar-refractivity contribution in [2.24, 2.45) is 0 Å². The largest absolute Gasteiger partial charge is 0.325 e. The predicted octanol–water partition coefficient (Wildman–Crippen LogP) is 3.02. The third kappa shape index (κ3) is 3.61. The highest BCUT2D eigenvalue weighted by Crippen LogP contribution is 2.31. The normalized spacial score (nSPS) is 19.2. The van der Waals surface area contributed by atoms with Gasteiger partial charge in [0, 0.05) is 16.3 Å². The van der Waals surface area contributed by atoms with Gasteiger partial charge in [0.05, 0.1) is 0 Å². The molecule has 2 N–H and O–H groups in total. The zero-order chi connectivity index (χ0) is 19.8. The van der Waals surface area contributed by atoms with Gasteiger partial charge in [-0.25, -0.2) is 13.6 Å². The highest BCUT2D eigenvalue weighted by Gasteiger charge is 2.50. The molecule has 9 heteroatoms. The molecule has 1 fully saturated rings. The molecule has 0 aromatic heterocycles. The van der Waals surface area contributed by atoms with Gasteiger partial charge in [0.2, 0.25) is 5.91 Å². The summed E-state index contributed by atoms with van der Waals surface area (Å²) in [5, 5.41) is 5.23. The monoisotopic (exact) mass is 393 g/mol. The zero-order valence-electron chi connectivity index (χ0n) is 14.1. The Morgan fingerprint density at radius 3 is 2.67 bits per heavy atom. The number of anilines is 1. The molecule has 1 saturated heterocycles. The first-order valence-electron chi connectivity index (χ1n) is 7.86. The van der Waals surface area contributed by atoms with Gasteiger partial charge in [0.1, 0.15) is 23.7 Å². The number of rotatable bonds is 4. The van der Waals surface area contributed by atoms with Crippen molar-refractivity contribution in [3.8, 4) is 0 Å². The Balaban J connectivity index is 1.79. The number of carbonyl (C=O) groups is 3. The van der Waals surface area contributed by atoms with E-state index in [4.69, 9.17) is 11.6 Å². The van der Waals surface area contributed by atoms with Crippen LogP contribution in [0.25, 0.3) is 0 Å². The smallest absolute Gasteiger partial charge is 0.324 e. The molecule has 1 atom stereocenters. The maximum absolute atomic E-state index is 14.1. The Morgan fingerprint density at radius 2 is 1.96 bits per heavy atom. The molecule has 0 unspecified atom stereocenters. The van der Waals surface area contributed by atoms with Crippen molar-refractivity contribution in [3.63, 3.8) is 0 Å². The second-order valence-corrected chi connectivity index (χ2v) is 6.57. The van der Waals surface area contributed by atoms with Gasteiger partial charge in [-0.05, 0) is 43.3 Å². The van der Waals surface area contributed by atoms with Crippen molar-refractivity contribution >= 4 is 35.1 Å². The molecule has 1 aliphatic heterocycles. The van der Waals surface area contributed by atoms with E-state index < -0.39 is 41.6 Å². The molecule has 27 heavy (non-hydrogen) atoms. The van der Waals surface area contributed by atoms with E-state index in [1.807, 2.05) is 0 Å². The fourth-order valence-corrected chi connectivity index (χ4v) is 3.00. The van der Waals surface area contributed by atoms with Crippen LogP contribution in [0.4, 0.5) is 19.3 Å². The van der Waals surface area contributed by atoms with Crippen molar-refractivity contribution < 1.29 is 23.2 Å². The van der Waals surface area contributed by atoms with E-state index in [1.165, 1.54) is 13.0 Å². The number of hydrogen-bond acceptors (Lipinski definition) is 3. The molecule has 1 heterocycles. The number of amides is 4. The van der Waals surface area contributed by atoms with Crippen molar-refractivity contribution in [1.82, 2.24) is 10.2 Å². The van der Waals surface area contributed by atoms with E-state index in [-0.39, 0.29) is 5.56 Å². The number of nitrogens with one attached hydrogen (secondary N) is 2. The molecule has 2 aromatic carbocycles. The summed E-state index contributed by atoms with van der Waals surface area (Å²) in [5.74, 6) is -3.12. The minimum atomic E-state index is -1.82. The summed E-state index contributed by atoms with van der Waals surface area (Å²) in [6.45, 7) is 0.656. The maximum atomic E-state index is 14.1. The molecule has 2 aromatic rings. The summed E-state index contributed by atoms with van der Waals surface area (Å²) in [7, 11) is 0. The Labute approximate surface area is 158 Å². The summed E-state index contributed by atoms with van der Waals surface area (Å²) in [4.78, 5) is 37.7. The fraction of sp³-hybridized carbons (Fsp3) is 0.167. The minimum Gasteiger partial charge on any atom is -0.324 e. The molecule has 0 radical (unpaired) electrons. The van der Waals surface area contributed by atoms with Crippen molar-refractivity contribution in [3.05, 3.63) is 64.7 Å². The topological polar surface area (TPSA) is 78.5 Å². The summed E-state index contributed by atoms with van der Waals surface area (Å²) >= 11 is 5.83. The third-order valence-corrected chi connectivity index (χ3v) is 4.39. The second-order valence-electron chi connectivity index (χ2n) is 6.13. The quantitative estimate of drug-likeness (QED) is 0.784. The van der Waals surface area contributed by atoms with Crippen LogP contribution in [-0.4, -0.2) is 29.3 Å². The van der Waals surface area contributed by atoms with Gasteiger partial charge >= 0.3 is 6.03 Å². The van der Waals surface area contributed by atoms with Crippen molar-refractivity contribution in [2.45, 2.75) is 12.5 Å². The Kier molecular flexibility index (Phi) is 4.84. The molecule has 0 bridgehead atoms. The van der Waals surface area contributed by atoms with Crippen LogP contribution in [0, 0.1) is 11.6 Å². The standard InChI is InChI=1S/C18H14ClF2N3O3/c1-18(13-8-11(20)5-6-14(13)21)16(26)24(17(27)23-18)9-15(25)22-12-4-2-3-10(19)7-12/h2-8H,9H2,1H3,(H,22,25)(H,23,27)/t18-/m0/s1. The number of urea groups is 1. The Morgan fingerprint density at radius 1 is 1.22 bits per heavy atom. The van der Waals surface area contributed by atoms with E-state index in [0.29, 0.717) is 15.6 Å². The van der Waals surface area contributed by atoms with Crippen LogP contribution in [0.2, 0.25) is 5.02 Å². The molecule has 0 spiro atoms. The second kappa shape index (κ2) is 6.96. The third-order valence-electron chi connectivity index (χ3n) is 4.15. The SMILES string of the molecule is C[C@@]1(c2cc(F)ccc2F)NC(=O)N(CC(=O)Nc2cccc(Cl)c2)C1=O. The lowest BCUT2D eigenvalue weighted by molar-refractivity contribution is -0.133. The Hall–Kier alpha value is -3.00. The lowest BCUT2D eigenvalue weighted by Crippen LogP contribution is -2.42. The minimum absolute atomic E-state index is 0.321. The van der Waals surface area contributed by atoms with Crippen LogP contribution in [-0.2, 0) is 15.1 Å². The van der Waals surface area contributed by atoms with Gasteiger partial charge in [-0.3, -0.25) is 14.5 Å². The van der Waals surface area contributed by atoms with Crippen LogP contribution in [0.1, 0.15) is 12.5 Å². The summed E-state index contributed by atoms with van der Waals surface area (Å²) < 4.78 is 27.6. The van der Waals surface area contributed by atoms with Gasteiger partial charge in [0.15, 0.2) is 0 Å². The molecule has 4 amide bonds. The maximum Gasteiger partial charge on any atom is 0.325 e. The number of nitrogens with zero attached hydrogens (tertiary/aromatic N) is 1. The van der Waals surface area contributed by atoms with Gasteiger partial charge in [0.25, 0.3) is 5.91 Å². The average Bonchev–Trinajstić information content (AvgIpc) is 2.81.